The number of benzene rings is 2. The van der Waals surface area contributed by atoms with Gasteiger partial charge in [-0.1, -0.05) is 6.07 Å². The lowest BCUT2D eigenvalue weighted by Gasteiger charge is -2.11. The molecule has 8 nitrogen and oxygen atoms in total. The SMILES string of the molecule is Cc1ccc(C#N)c(S(=O)(=O)Nc2ccc(-c3nc(CCCCl)c4cn[nH]c4n3)cc2)c1. The summed E-state index contributed by atoms with van der Waals surface area (Å²) in [5.74, 6) is 1.04. The summed E-state index contributed by atoms with van der Waals surface area (Å²) in [5, 5.41) is 17.0. The van der Waals surface area contributed by atoms with Crippen LogP contribution in [0, 0.1) is 18.3 Å². The summed E-state index contributed by atoms with van der Waals surface area (Å²) in [6, 6.07) is 13.3. The van der Waals surface area contributed by atoms with Crippen molar-refractivity contribution < 1.29 is 8.42 Å². The molecule has 0 aliphatic rings. The highest BCUT2D eigenvalue weighted by molar-refractivity contribution is 7.92. The fourth-order valence-corrected chi connectivity index (χ4v) is 4.72. The number of sulfonamides is 1. The van der Waals surface area contributed by atoms with Crippen molar-refractivity contribution in [3.63, 3.8) is 0 Å². The molecule has 10 heteroatoms. The van der Waals surface area contributed by atoms with Crippen molar-refractivity contribution in [2.24, 2.45) is 0 Å². The van der Waals surface area contributed by atoms with Crippen LogP contribution in [0.25, 0.3) is 22.4 Å². The molecule has 4 aromatic rings. The fraction of sp³-hybridized carbons (Fsp3) is 0.182. The van der Waals surface area contributed by atoms with Gasteiger partial charge in [0.25, 0.3) is 10.0 Å². The Hall–Kier alpha value is -3.48. The summed E-state index contributed by atoms with van der Waals surface area (Å²) >= 11 is 5.83. The predicted octanol–water partition coefficient (Wildman–Crippen LogP) is 4.17. The van der Waals surface area contributed by atoms with Crippen molar-refractivity contribution >= 4 is 38.3 Å². The first-order valence-corrected chi connectivity index (χ1v) is 11.8. The van der Waals surface area contributed by atoms with E-state index in [0.717, 1.165) is 28.6 Å². The maximum atomic E-state index is 12.8. The first-order chi connectivity index (χ1) is 15.4. The number of H-pyrrole nitrogens is 1. The van der Waals surface area contributed by atoms with Gasteiger partial charge in [-0.2, -0.15) is 10.4 Å². The molecule has 0 saturated carbocycles. The van der Waals surface area contributed by atoms with Gasteiger partial charge in [0.1, 0.15) is 11.0 Å². The second kappa shape index (κ2) is 8.94. The Bertz CT molecular complexity index is 1430. The van der Waals surface area contributed by atoms with Gasteiger partial charge in [-0.25, -0.2) is 18.4 Å². The number of hydrogen-bond acceptors (Lipinski definition) is 6. The molecule has 4 rings (SSSR count). The third-order valence-electron chi connectivity index (χ3n) is 4.88. The first kappa shape index (κ1) is 21.7. The van der Waals surface area contributed by atoms with Gasteiger partial charge in [0, 0.05) is 17.1 Å². The van der Waals surface area contributed by atoms with Crippen LogP contribution in [-0.2, 0) is 16.4 Å². The van der Waals surface area contributed by atoms with Crippen LogP contribution in [0.3, 0.4) is 0 Å². The van der Waals surface area contributed by atoms with Crippen LogP contribution < -0.4 is 4.72 Å². The summed E-state index contributed by atoms with van der Waals surface area (Å²) in [4.78, 5) is 9.13. The Kier molecular flexibility index (Phi) is 6.08. The van der Waals surface area contributed by atoms with Crippen LogP contribution in [0.1, 0.15) is 23.2 Å². The molecule has 0 spiro atoms. The lowest BCUT2D eigenvalue weighted by molar-refractivity contribution is 0.601. The molecule has 2 N–H and O–H groups in total. The maximum absolute atomic E-state index is 12.8. The Labute approximate surface area is 190 Å². The molecule has 0 aliphatic carbocycles. The standard InChI is InChI=1S/C22H19ClN6O2S/c1-14-4-5-16(12-24)20(11-14)32(30,31)29-17-8-6-15(7-9-17)21-26-19(3-2-10-23)18-13-25-28-22(18)27-21/h4-9,11,13,29H,2-3,10H2,1H3,(H,25,26,27,28). The van der Waals surface area contributed by atoms with E-state index in [0.29, 0.717) is 29.5 Å². The van der Waals surface area contributed by atoms with E-state index in [1.807, 2.05) is 6.07 Å². The van der Waals surface area contributed by atoms with Crippen molar-refractivity contribution in [1.82, 2.24) is 20.2 Å². The molecule has 0 radical (unpaired) electrons. The average molecular weight is 467 g/mol. The summed E-state index contributed by atoms with van der Waals surface area (Å²) in [6.07, 6.45) is 3.18. The maximum Gasteiger partial charge on any atom is 0.263 e. The van der Waals surface area contributed by atoms with E-state index in [4.69, 9.17) is 11.6 Å². The Morgan fingerprint density at radius 1 is 1.16 bits per heavy atom. The van der Waals surface area contributed by atoms with Gasteiger partial charge in [-0.05, 0) is 61.7 Å². The third-order valence-corrected chi connectivity index (χ3v) is 6.57. The highest BCUT2D eigenvalue weighted by atomic mass is 35.5. The van der Waals surface area contributed by atoms with E-state index in [9.17, 15) is 13.7 Å². The largest absolute Gasteiger partial charge is 0.280 e. The van der Waals surface area contributed by atoms with E-state index in [1.54, 1.807) is 43.5 Å². The number of aromatic amines is 1. The summed E-state index contributed by atoms with van der Waals surface area (Å²) in [5.41, 5.74) is 3.41. The quantitative estimate of drug-likeness (QED) is 0.394. The average Bonchev–Trinajstić information content (AvgIpc) is 3.26. The second-order valence-corrected chi connectivity index (χ2v) is 9.24. The topological polar surface area (TPSA) is 124 Å². The molecule has 32 heavy (non-hydrogen) atoms. The highest BCUT2D eigenvalue weighted by Crippen LogP contribution is 2.25. The summed E-state index contributed by atoms with van der Waals surface area (Å²) < 4.78 is 28.2. The minimum Gasteiger partial charge on any atom is -0.280 e. The van der Waals surface area contributed by atoms with Gasteiger partial charge in [0.15, 0.2) is 11.5 Å². The van der Waals surface area contributed by atoms with E-state index in [2.05, 4.69) is 24.9 Å². The number of aromatic nitrogens is 4. The molecular weight excluding hydrogens is 448 g/mol. The molecule has 0 aliphatic heterocycles. The van der Waals surface area contributed by atoms with Gasteiger partial charge >= 0.3 is 0 Å². The number of nitrogens with one attached hydrogen (secondary N) is 2. The highest BCUT2D eigenvalue weighted by Gasteiger charge is 2.19. The molecule has 0 unspecified atom stereocenters. The van der Waals surface area contributed by atoms with Crippen LogP contribution in [-0.4, -0.2) is 34.5 Å². The Morgan fingerprint density at radius 3 is 2.66 bits per heavy atom. The number of nitriles is 1. The van der Waals surface area contributed by atoms with Crippen molar-refractivity contribution in [3.8, 4) is 17.5 Å². The zero-order valence-corrected chi connectivity index (χ0v) is 18.7. The molecule has 2 heterocycles. The number of anilines is 1. The molecule has 0 fully saturated rings. The van der Waals surface area contributed by atoms with Crippen molar-refractivity contribution in [2.45, 2.75) is 24.7 Å². The van der Waals surface area contributed by atoms with Crippen LogP contribution in [0.2, 0.25) is 0 Å². The number of alkyl halides is 1. The Morgan fingerprint density at radius 2 is 1.94 bits per heavy atom. The lowest BCUT2D eigenvalue weighted by Crippen LogP contribution is -2.14. The molecule has 0 atom stereocenters. The van der Waals surface area contributed by atoms with Gasteiger partial charge < -0.3 is 0 Å². The minimum absolute atomic E-state index is 0.0546. The van der Waals surface area contributed by atoms with Crippen molar-refractivity contribution in [3.05, 3.63) is 65.5 Å². The monoisotopic (exact) mass is 466 g/mol. The van der Waals surface area contributed by atoms with Gasteiger partial charge in [-0.3, -0.25) is 9.82 Å². The molecule has 0 saturated heterocycles. The molecule has 162 valence electrons. The number of aryl methyl sites for hydroxylation is 2. The van der Waals surface area contributed by atoms with E-state index in [1.165, 1.54) is 12.1 Å². The molecule has 0 amide bonds. The zero-order chi connectivity index (χ0) is 22.7. The smallest absolute Gasteiger partial charge is 0.263 e. The summed E-state index contributed by atoms with van der Waals surface area (Å²) in [7, 11) is -3.92. The predicted molar refractivity (Wildman–Crippen MR) is 123 cm³/mol. The molecule has 2 aromatic heterocycles. The fourth-order valence-electron chi connectivity index (χ4n) is 3.29. The Balaban J connectivity index is 1.63. The summed E-state index contributed by atoms with van der Waals surface area (Å²) in [6.45, 7) is 1.77. The number of nitrogens with zero attached hydrogens (tertiary/aromatic N) is 4. The molecular formula is C22H19ClN6O2S. The number of rotatable bonds is 7. The normalized spacial score (nSPS) is 11.4. The zero-order valence-electron chi connectivity index (χ0n) is 17.1. The van der Waals surface area contributed by atoms with Gasteiger partial charge in [0.05, 0.1) is 22.8 Å². The van der Waals surface area contributed by atoms with Crippen molar-refractivity contribution in [1.29, 1.82) is 5.26 Å². The van der Waals surface area contributed by atoms with E-state index < -0.39 is 10.0 Å². The van der Waals surface area contributed by atoms with Gasteiger partial charge in [0.2, 0.25) is 0 Å². The van der Waals surface area contributed by atoms with Crippen LogP contribution in [0.4, 0.5) is 5.69 Å². The van der Waals surface area contributed by atoms with Gasteiger partial charge in [-0.15, -0.1) is 11.6 Å². The molecule has 2 aromatic carbocycles. The lowest BCUT2D eigenvalue weighted by atomic mass is 10.1. The second-order valence-electron chi connectivity index (χ2n) is 7.21. The van der Waals surface area contributed by atoms with E-state index >= 15 is 0 Å². The van der Waals surface area contributed by atoms with Crippen LogP contribution in [0.5, 0.6) is 0 Å². The van der Waals surface area contributed by atoms with E-state index in [-0.39, 0.29) is 10.5 Å². The number of halogens is 1. The minimum atomic E-state index is -3.92. The molecule has 0 bridgehead atoms. The number of fused-ring (bicyclic) bond motifs is 1. The first-order valence-electron chi connectivity index (χ1n) is 9.81. The third kappa shape index (κ3) is 4.42. The van der Waals surface area contributed by atoms with Crippen LogP contribution >= 0.6 is 11.6 Å². The van der Waals surface area contributed by atoms with Crippen LogP contribution in [0.15, 0.2) is 53.6 Å². The number of hydrogen-bond donors (Lipinski definition) is 2. The van der Waals surface area contributed by atoms with Crippen molar-refractivity contribution in [2.75, 3.05) is 10.6 Å².